The van der Waals surface area contributed by atoms with E-state index in [9.17, 15) is 8.42 Å². The van der Waals surface area contributed by atoms with Crippen LogP contribution in [0.5, 0.6) is 0 Å². The van der Waals surface area contributed by atoms with Gasteiger partial charge in [-0.05, 0) is 40.6 Å². The van der Waals surface area contributed by atoms with Crippen molar-refractivity contribution < 1.29 is 8.42 Å². The van der Waals surface area contributed by atoms with E-state index in [1.54, 1.807) is 6.07 Å². The summed E-state index contributed by atoms with van der Waals surface area (Å²) in [4.78, 5) is 4.29. The van der Waals surface area contributed by atoms with Gasteiger partial charge in [-0.1, -0.05) is 12.1 Å². The van der Waals surface area contributed by atoms with E-state index in [4.69, 9.17) is 5.53 Å². The molecule has 19 heavy (non-hydrogen) atoms. The SMILES string of the molecule is CN(C)c1ccc2cc(S(=O)(=O)N=[N+]=[N-])ccc2c1. The summed E-state index contributed by atoms with van der Waals surface area (Å²) < 4.78 is 26.1. The molecule has 0 aromatic heterocycles. The Kier molecular flexibility index (Phi) is 3.33. The average Bonchev–Trinajstić information content (AvgIpc) is 2.37. The smallest absolute Gasteiger partial charge is 0.264 e. The number of rotatable bonds is 3. The highest BCUT2D eigenvalue weighted by atomic mass is 32.2. The van der Waals surface area contributed by atoms with Gasteiger partial charge in [0, 0.05) is 29.2 Å². The van der Waals surface area contributed by atoms with Crippen LogP contribution in [-0.4, -0.2) is 22.5 Å². The van der Waals surface area contributed by atoms with Crippen LogP contribution >= 0.6 is 0 Å². The lowest BCUT2D eigenvalue weighted by atomic mass is 10.1. The minimum atomic E-state index is -3.93. The molecule has 7 heteroatoms. The van der Waals surface area contributed by atoms with E-state index in [1.165, 1.54) is 12.1 Å². The van der Waals surface area contributed by atoms with Gasteiger partial charge in [-0.3, -0.25) is 0 Å². The third kappa shape index (κ3) is 2.62. The van der Waals surface area contributed by atoms with Crippen molar-refractivity contribution in [3.63, 3.8) is 0 Å². The van der Waals surface area contributed by atoms with E-state index in [0.717, 1.165) is 16.5 Å². The second kappa shape index (κ2) is 4.79. The van der Waals surface area contributed by atoms with Crippen LogP contribution in [0.25, 0.3) is 21.2 Å². The number of nitrogens with zero attached hydrogens (tertiary/aromatic N) is 4. The van der Waals surface area contributed by atoms with E-state index in [1.807, 2.05) is 37.2 Å². The second-order valence-electron chi connectivity index (χ2n) is 4.23. The maximum Gasteiger partial charge on any atom is 0.264 e. The highest BCUT2D eigenvalue weighted by Gasteiger charge is 2.12. The van der Waals surface area contributed by atoms with Crippen LogP contribution in [0.3, 0.4) is 0 Å². The highest BCUT2D eigenvalue weighted by Crippen LogP contribution is 2.24. The van der Waals surface area contributed by atoms with Gasteiger partial charge in [0.15, 0.2) is 0 Å². The molecule has 0 heterocycles. The molecule has 0 aliphatic rings. The number of anilines is 1. The molecule has 2 aromatic rings. The standard InChI is InChI=1S/C12H12N4O2S/c1-16(2)11-5-3-10-8-12(6-4-9(10)7-11)19(17,18)15-14-13/h3-8H,1-2H3. The van der Waals surface area contributed by atoms with Crippen LogP contribution in [0.1, 0.15) is 0 Å². The monoisotopic (exact) mass is 276 g/mol. The van der Waals surface area contributed by atoms with Crippen LogP contribution in [-0.2, 0) is 10.0 Å². The molecule has 0 unspecified atom stereocenters. The minimum Gasteiger partial charge on any atom is -0.378 e. The van der Waals surface area contributed by atoms with Gasteiger partial charge in [0.25, 0.3) is 10.0 Å². The Morgan fingerprint density at radius 2 is 1.74 bits per heavy atom. The first-order valence-corrected chi connectivity index (χ1v) is 6.90. The van der Waals surface area contributed by atoms with Crippen molar-refractivity contribution in [3.8, 4) is 0 Å². The van der Waals surface area contributed by atoms with Crippen molar-refractivity contribution in [2.75, 3.05) is 19.0 Å². The molecular formula is C12H12N4O2S. The molecule has 0 aliphatic carbocycles. The third-order valence-electron chi connectivity index (χ3n) is 2.75. The van der Waals surface area contributed by atoms with E-state index in [0.29, 0.717) is 0 Å². The summed E-state index contributed by atoms with van der Waals surface area (Å²) in [6.07, 6.45) is 0. The summed E-state index contributed by atoms with van der Waals surface area (Å²) in [5.74, 6) is 0. The van der Waals surface area contributed by atoms with Gasteiger partial charge in [-0.2, -0.15) is 0 Å². The largest absolute Gasteiger partial charge is 0.378 e. The van der Waals surface area contributed by atoms with E-state index < -0.39 is 10.0 Å². The summed E-state index contributed by atoms with van der Waals surface area (Å²) in [7, 11) is -0.0660. The zero-order valence-electron chi connectivity index (χ0n) is 10.5. The fourth-order valence-corrected chi connectivity index (χ4v) is 2.45. The number of sulfonamides is 1. The summed E-state index contributed by atoms with van der Waals surface area (Å²) in [5, 5.41) is 1.70. The molecular weight excluding hydrogens is 264 g/mol. The van der Waals surface area contributed by atoms with Gasteiger partial charge in [0.1, 0.15) is 0 Å². The lowest BCUT2D eigenvalue weighted by Gasteiger charge is -2.13. The topological polar surface area (TPSA) is 86.1 Å². The lowest BCUT2D eigenvalue weighted by Crippen LogP contribution is -2.08. The lowest BCUT2D eigenvalue weighted by molar-refractivity contribution is 0.597. The first-order valence-electron chi connectivity index (χ1n) is 5.46. The predicted molar refractivity (Wildman–Crippen MR) is 74.6 cm³/mol. The average molecular weight is 276 g/mol. The summed E-state index contributed by atoms with van der Waals surface area (Å²) in [6.45, 7) is 0. The number of azide groups is 1. The molecule has 0 atom stereocenters. The van der Waals surface area contributed by atoms with Crippen molar-refractivity contribution in [2.24, 2.45) is 4.52 Å². The third-order valence-corrected chi connectivity index (χ3v) is 3.89. The van der Waals surface area contributed by atoms with Crippen LogP contribution < -0.4 is 4.90 Å². The van der Waals surface area contributed by atoms with Crippen molar-refractivity contribution in [1.29, 1.82) is 0 Å². The van der Waals surface area contributed by atoms with E-state index in [2.05, 4.69) is 9.43 Å². The molecule has 0 N–H and O–H groups in total. The number of benzene rings is 2. The summed E-state index contributed by atoms with van der Waals surface area (Å²) in [6, 6.07) is 10.3. The second-order valence-corrected chi connectivity index (χ2v) is 5.82. The molecule has 0 amide bonds. The van der Waals surface area contributed by atoms with Gasteiger partial charge in [-0.15, -0.1) is 0 Å². The maximum atomic E-state index is 11.6. The molecule has 2 rings (SSSR count). The van der Waals surface area contributed by atoms with Crippen molar-refractivity contribution in [3.05, 3.63) is 46.8 Å². The van der Waals surface area contributed by atoms with Gasteiger partial charge in [-0.25, -0.2) is 8.42 Å². The van der Waals surface area contributed by atoms with Crippen molar-refractivity contribution in [1.82, 2.24) is 0 Å². The van der Waals surface area contributed by atoms with Crippen LogP contribution in [0.4, 0.5) is 5.69 Å². The molecule has 98 valence electrons. The van der Waals surface area contributed by atoms with Gasteiger partial charge >= 0.3 is 0 Å². The molecule has 0 saturated heterocycles. The molecule has 0 aliphatic heterocycles. The Bertz CT molecular complexity index is 777. The van der Waals surface area contributed by atoms with E-state index >= 15 is 0 Å². The fraction of sp³-hybridized carbons (Fsp3) is 0.167. The Morgan fingerprint density at radius 3 is 2.37 bits per heavy atom. The molecule has 0 spiro atoms. The Labute approximate surface area is 110 Å². The van der Waals surface area contributed by atoms with Gasteiger partial charge in [0.05, 0.1) is 4.90 Å². The first kappa shape index (κ1) is 13.2. The zero-order valence-corrected chi connectivity index (χ0v) is 11.3. The summed E-state index contributed by atoms with van der Waals surface area (Å²) in [5.41, 5.74) is 9.27. The first-order chi connectivity index (χ1) is 8.94. The van der Waals surface area contributed by atoms with Crippen molar-refractivity contribution >= 4 is 26.5 Å². The van der Waals surface area contributed by atoms with Crippen LogP contribution in [0.15, 0.2) is 45.8 Å². The predicted octanol–water partition coefficient (Wildman–Crippen LogP) is 2.90. The van der Waals surface area contributed by atoms with Crippen LogP contribution in [0.2, 0.25) is 0 Å². The Morgan fingerprint density at radius 1 is 1.11 bits per heavy atom. The molecule has 0 saturated carbocycles. The normalized spacial score (nSPS) is 11.1. The molecule has 0 fully saturated rings. The highest BCUT2D eigenvalue weighted by molar-refractivity contribution is 7.90. The Hall–Kier alpha value is -2.24. The Balaban J connectivity index is 2.60. The van der Waals surface area contributed by atoms with Gasteiger partial charge < -0.3 is 4.90 Å². The number of hydrogen-bond acceptors (Lipinski definition) is 3. The molecule has 2 aromatic carbocycles. The van der Waals surface area contributed by atoms with Gasteiger partial charge in [0.2, 0.25) is 0 Å². The number of fused-ring (bicyclic) bond motifs is 1. The zero-order chi connectivity index (χ0) is 14.0. The van der Waals surface area contributed by atoms with Crippen LogP contribution in [0, 0.1) is 0 Å². The minimum absolute atomic E-state index is 0.00426. The maximum absolute atomic E-state index is 11.6. The quantitative estimate of drug-likeness (QED) is 0.490. The van der Waals surface area contributed by atoms with E-state index in [-0.39, 0.29) is 4.90 Å². The molecule has 0 radical (unpaired) electrons. The molecule has 0 bridgehead atoms. The summed E-state index contributed by atoms with van der Waals surface area (Å²) >= 11 is 0. The molecule has 6 nitrogen and oxygen atoms in total. The fourth-order valence-electron chi connectivity index (χ4n) is 1.75. The number of hydrogen-bond donors (Lipinski definition) is 0. The van der Waals surface area contributed by atoms with Crippen molar-refractivity contribution in [2.45, 2.75) is 4.90 Å².